The predicted octanol–water partition coefficient (Wildman–Crippen LogP) is 1.00. The molecule has 3 N–H and O–H groups in total. The molecule has 5 nitrogen and oxygen atoms in total. The van der Waals surface area contributed by atoms with Gasteiger partial charge in [0.1, 0.15) is 4.90 Å². The van der Waals surface area contributed by atoms with E-state index in [0.29, 0.717) is 16.6 Å². The molecule has 6 heteroatoms. The highest BCUT2D eigenvalue weighted by molar-refractivity contribution is 7.89. The van der Waals surface area contributed by atoms with E-state index in [-0.39, 0.29) is 11.4 Å². The predicted molar refractivity (Wildman–Crippen MR) is 71.4 cm³/mol. The highest BCUT2D eigenvalue weighted by Gasteiger charge is 2.23. The van der Waals surface area contributed by atoms with E-state index in [2.05, 4.69) is 10.9 Å². The van der Waals surface area contributed by atoms with Crippen molar-refractivity contribution in [1.82, 2.24) is 9.29 Å². The van der Waals surface area contributed by atoms with Gasteiger partial charge in [0.15, 0.2) is 0 Å². The van der Waals surface area contributed by atoms with Gasteiger partial charge in [-0.15, -0.1) is 6.42 Å². The van der Waals surface area contributed by atoms with Crippen molar-refractivity contribution in [2.75, 3.05) is 19.3 Å². The Morgan fingerprint density at radius 2 is 2.22 bits per heavy atom. The number of nitrogen functional groups attached to an aromatic ring is 1. The monoisotopic (exact) mass is 263 g/mol. The number of terminal acetylenes is 1. The lowest BCUT2D eigenvalue weighted by Gasteiger charge is -2.13. The first-order valence-electron chi connectivity index (χ1n) is 5.23. The fraction of sp³-hybridized carbons (Fsp3) is 0.167. The highest BCUT2D eigenvalue weighted by atomic mass is 32.2. The van der Waals surface area contributed by atoms with Gasteiger partial charge in [0.05, 0.1) is 6.54 Å². The fourth-order valence-corrected chi connectivity index (χ4v) is 2.96. The molecule has 1 aromatic carbocycles. The molecule has 0 atom stereocenters. The fourth-order valence-electron chi connectivity index (χ4n) is 1.71. The summed E-state index contributed by atoms with van der Waals surface area (Å²) < 4.78 is 25.7. The Bertz CT molecular complexity index is 725. The van der Waals surface area contributed by atoms with Crippen LogP contribution in [0.2, 0.25) is 0 Å². The average Bonchev–Trinajstić information content (AvgIpc) is 2.72. The molecule has 0 radical (unpaired) electrons. The summed E-state index contributed by atoms with van der Waals surface area (Å²) in [5.74, 6) is 2.31. The summed E-state index contributed by atoms with van der Waals surface area (Å²) in [6, 6.07) is 5.03. The zero-order valence-corrected chi connectivity index (χ0v) is 10.7. The van der Waals surface area contributed by atoms with E-state index in [1.807, 2.05) is 0 Å². The van der Waals surface area contributed by atoms with E-state index < -0.39 is 10.0 Å². The number of nitrogens with one attached hydrogen (secondary N) is 1. The molecule has 0 amide bonds. The third kappa shape index (κ3) is 1.94. The molecule has 0 aliphatic carbocycles. The number of nitrogens with zero attached hydrogens (tertiary/aromatic N) is 1. The molecule has 0 bridgehead atoms. The minimum atomic E-state index is -3.58. The summed E-state index contributed by atoms with van der Waals surface area (Å²) in [6.07, 6.45) is 6.58. The molecule has 0 aliphatic heterocycles. The van der Waals surface area contributed by atoms with Gasteiger partial charge >= 0.3 is 0 Å². The molecule has 1 aromatic heterocycles. The van der Waals surface area contributed by atoms with Crippen LogP contribution in [0.1, 0.15) is 0 Å². The molecule has 18 heavy (non-hydrogen) atoms. The maximum absolute atomic E-state index is 12.3. The van der Waals surface area contributed by atoms with Crippen molar-refractivity contribution in [2.45, 2.75) is 4.90 Å². The second-order valence-corrected chi connectivity index (χ2v) is 5.94. The lowest BCUT2D eigenvalue weighted by atomic mass is 10.2. The van der Waals surface area contributed by atoms with Crippen LogP contribution in [0.4, 0.5) is 5.69 Å². The van der Waals surface area contributed by atoms with Crippen LogP contribution in [-0.2, 0) is 10.0 Å². The summed E-state index contributed by atoms with van der Waals surface area (Å²) in [5.41, 5.74) is 6.90. The lowest BCUT2D eigenvalue weighted by Crippen LogP contribution is -2.27. The first kappa shape index (κ1) is 12.5. The van der Waals surface area contributed by atoms with Gasteiger partial charge in [0, 0.05) is 29.8 Å². The van der Waals surface area contributed by atoms with Crippen molar-refractivity contribution >= 4 is 26.6 Å². The van der Waals surface area contributed by atoms with Crippen molar-refractivity contribution in [2.24, 2.45) is 0 Å². The van der Waals surface area contributed by atoms with Crippen molar-refractivity contribution in [3.8, 4) is 12.3 Å². The summed E-state index contributed by atoms with van der Waals surface area (Å²) >= 11 is 0. The topological polar surface area (TPSA) is 79.2 Å². The van der Waals surface area contributed by atoms with Gasteiger partial charge < -0.3 is 10.7 Å². The molecular weight excluding hydrogens is 250 g/mol. The first-order valence-corrected chi connectivity index (χ1v) is 6.67. The standard InChI is InChI=1S/C12H13N3O2S/c1-3-6-15(2)18(16,17)12-8-14-11-7-9(13)4-5-10(11)12/h1,4-5,7-8,14H,6,13H2,2H3. The van der Waals surface area contributed by atoms with Crippen LogP contribution < -0.4 is 5.73 Å². The Labute approximate surface area is 106 Å². The van der Waals surface area contributed by atoms with Gasteiger partial charge in [0.2, 0.25) is 10.0 Å². The van der Waals surface area contributed by atoms with Crippen LogP contribution in [-0.4, -0.2) is 31.3 Å². The van der Waals surface area contributed by atoms with E-state index in [9.17, 15) is 8.42 Å². The van der Waals surface area contributed by atoms with Crippen LogP contribution in [0.5, 0.6) is 0 Å². The number of H-pyrrole nitrogens is 1. The van der Waals surface area contributed by atoms with Gasteiger partial charge in [0.25, 0.3) is 0 Å². The number of hydrogen-bond donors (Lipinski definition) is 2. The number of anilines is 1. The molecular formula is C12H13N3O2S. The maximum Gasteiger partial charge on any atom is 0.245 e. The Balaban J connectivity index is 2.59. The van der Waals surface area contributed by atoms with Crippen LogP contribution >= 0.6 is 0 Å². The van der Waals surface area contributed by atoms with E-state index >= 15 is 0 Å². The molecule has 2 rings (SSSR count). The van der Waals surface area contributed by atoms with Crippen LogP contribution in [0.25, 0.3) is 10.9 Å². The number of benzene rings is 1. The van der Waals surface area contributed by atoms with Crippen molar-refractivity contribution in [3.05, 3.63) is 24.4 Å². The number of rotatable bonds is 3. The number of nitrogens with two attached hydrogens (primary N) is 1. The molecule has 1 heterocycles. The van der Waals surface area contributed by atoms with Crippen molar-refractivity contribution < 1.29 is 8.42 Å². The third-order valence-electron chi connectivity index (χ3n) is 2.67. The number of sulfonamides is 1. The number of hydrogen-bond acceptors (Lipinski definition) is 3. The molecule has 0 saturated carbocycles. The lowest BCUT2D eigenvalue weighted by molar-refractivity contribution is 0.504. The summed E-state index contributed by atoms with van der Waals surface area (Å²) in [5, 5.41) is 0.605. The SMILES string of the molecule is C#CCN(C)S(=O)(=O)c1c[nH]c2cc(N)ccc12. The van der Waals surface area contributed by atoms with Gasteiger partial charge in [-0.25, -0.2) is 8.42 Å². The largest absolute Gasteiger partial charge is 0.399 e. The quantitative estimate of drug-likeness (QED) is 0.640. The van der Waals surface area contributed by atoms with E-state index in [1.165, 1.54) is 13.2 Å². The van der Waals surface area contributed by atoms with Crippen LogP contribution in [0, 0.1) is 12.3 Å². The molecule has 2 aromatic rings. The normalized spacial score (nSPS) is 11.8. The van der Waals surface area contributed by atoms with Crippen LogP contribution in [0.3, 0.4) is 0 Å². The second kappa shape index (κ2) is 4.37. The molecule has 0 fully saturated rings. The average molecular weight is 263 g/mol. The smallest absolute Gasteiger partial charge is 0.245 e. The summed E-state index contributed by atoms with van der Waals surface area (Å²) in [6.45, 7) is 0.0317. The zero-order chi connectivity index (χ0) is 13.3. The molecule has 0 spiro atoms. The zero-order valence-electron chi connectivity index (χ0n) is 9.84. The number of aromatic amines is 1. The minimum Gasteiger partial charge on any atom is -0.399 e. The van der Waals surface area contributed by atoms with Gasteiger partial charge in [-0.1, -0.05) is 5.92 Å². The van der Waals surface area contributed by atoms with Crippen LogP contribution in [0.15, 0.2) is 29.3 Å². The highest BCUT2D eigenvalue weighted by Crippen LogP contribution is 2.26. The van der Waals surface area contributed by atoms with Gasteiger partial charge in [-0.3, -0.25) is 0 Å². The number of aromatic nitrogens is 1. The summed E-state index contributed by atoms with van der Waals surface area (Å²) in [4.78, 5) is 3.10. The van der Waals surface area contributed by atoms with E-state index in [1.54, 1.807) is 18.2 Å². The molecule has 0 unspecified atom stereocenters. The summed E-state index contributed by atoms with van der Waals surface area (Å²) in [7, 11) is -2.13. The van der Waals surface area contributed by atoms with Crippen molar-refractivity contribution in [3.63, 3.8) is 0 Å². The molecule has 94 valence electrons. The Morgan fingerprint density at radius 3 is 2.89 bits per heavy atom. The second-order valence-electron chi connectivity index (χ2n) is 3.92. The van der Waals surface area contributed by atoms with Gasteiger partial charge in [-0.2, -0.15) is 4.31 Å². The Kier molecular flexibility index (Phi) is 3.03. The molecule has 0 saturated heterocycles. The van der Waals surface area contributed by atoms with E-state index in [4.69, 9.17) is 12.2 Å². The third-order valence-corrected chi connectivity index (χ3v) is 4.51. The first-order chi connectivity index (χ1) is 8.46. The Hall–Kier alpha value is -1.97. The number of fused-ring (bicyclic) bond motifs is 1. The van der Waals surface area contributed by atoms with E-state index in [0.717, 1.165) is 4.31 Å². The van der Waals surface area contributed by atoms with Gasteiger partial charge in [-0.05, 0) is 18.2 Å². The minimum absolute atomic E-state index is 0.0317. The molecule has 0 aliphatic rings. The maximum atomic E-state index is 12.3. The Morgan fingerprint density at radius 1 is 1.50 bits per heavy atom. The van der Waals surface area contributed by atoms with Crippen molar-refractivity contribution in [1.29, 1.82) is 0 Å².